The summed E-state index contributed by atoms with van der Waals surface area (Å²) in [5, 5.41) is 0. The molecule has 1 saturated heterocycles. The van der Waals surface area contributed by atoms with E-state index in [9.17, 15) is 0 Å². The van der Waals surface area contributed by atoms with E-state index >= 15 is 0 Å². The van der Waals surface area contributed by atoms with Gasteiger partial charge >= 0.3 is 0 Å². The van der Waals surface area contributed by atoms with Gasteiger partial charge in [-0.1, -0.05) is 48.0 Å². The zero-order chi connectivity index (χ0) is 14.7. The van der Waals surface area contributed by atoms with Crippen molar-refractivity contribution in [2.75, 3.05) is 13.1 Å². The van der Waals surface area contributed by atoms with Crippen LogP contribution in [0.2, 0.25) is 0 Å². The molecule has 20 heavy (non-hydrogen) atoms. The first-order valence-electron chi connectivity index (χ1n) is 7.74. The molecule has 0 radical (unpaired) electrons. The van der Waals surface area contributed by atoms with Crippen molar-refractivity contribution in [3.63, 3.8) is 0 Å². The summed E-state index contributed by atoms with van der Waals surface area (Å²) in [4.78, 5) is 2.57. The van der Waals surface area contributed by atoms with Gasteiger partial charge in [0.25, 0.3) is 0 Å². The number of rotatable bonds is 4. The second kappa shape index (κ2) is 7.06. The lowest BCUT2D eigenvalue weighted by atomic mass is 9.85. The summed E-state index contributed by atoms with van der Waals surface area (Å²) in [5.41, 5.74) is 7.62. The average Bonchev–Trinajstić information content (AvgIpc) is 2.41. The Kier molecular flexibility index (Phi) is 5.65. The first-order valence-corrected chi connectivity index (χ1v) is 8.54. The van der Waals surface area contributed by atoms with Crippen LogP contribution in [-0.4, -0.2) is 24.0 Å². The summed E-state index contributed by atoms with van der Waals surface area (Å²) in [6.45, 7) is 9.14. The van der Waals surface area contributed by atoms with Gasteiger partial charge in [0.15, 0.2) is 0 Å². The van der Waals surface area contributed by atoms with Crippen LogP contribution in [0.3, 0.4) is 0 Å². The van der Waals surface area contributed by atoms with E-state index in [1.807, 2.05) is 0 Å². The van der Waals surface area contributed by atoms with Crippen LogP contribution in [0.15, 0.2) is 28.7 Å². The van der Waals surface area contributed by atoms with Crippen molar-refractivity contribution in [1.82, 2.24) is 4.90 Å². The van der Waals surface area contributed by atoms with Gasteiger partial charge in [0, 0.05) is 10.5 Å². The number of piperidine rings is 1. The Morgan fingerprint density at radius 1 is 1.15 bits per heavy atom. The van der Waals surface area contributed by atoms with Gasteiger partial charge in [-0.2, -0.15) is 0 Å². The fraction of sp³-hybridized carbons (Fsp3) is 0.647. The monoisotopic (exact) mass is 338 g/mol. The fourth-order valence-electron chi connectivity index (χ4n) is 3.39. The highest BCUT2D eigenvalue weighted by atomic mass is 79.9. The van der Waals surface area contributed by atoms with E-state index in [-0.39, 0.29) is 6.04 Å². The van der Waals surface area contributed by atoms with E-state index in [2.05, 4.69) is 65.9 Å². The lowest BCUT2D eigenvalue weighted by molar-refractivity contribution is 0.103. The summed E-state index contributed by atoms with van der Waals surface area (Å²) in [7, 11) is 0. The SMILES string of the molecule is CC(C)C1CCN(C(c2ccccc2Br)C(C)N)CC1. The summed E-state index contributed by atoms with van der Waals surface area (Å²) < 4.78 is 1.17. The van der Waals surface area contributed by atoms with E-state index in [0.717, 1.165) is 24.9 Å². The molecule has 2 unspecified atom stereocenters. The van der Waals surface area contributed by atoms with Crippen molar-refractivity contribution in [2.24, 2.45) is 17.6 Å². The third kappa shape index (κ3) is 3.63. The molecule has 1 aliphatic heterocycles. The summed E-state index contributed by atoms with van der Waals surface area (Å²) >= 11 is 3.68. The molecule has 1 aromatic carbocycles. The zero-order valence-corrected chi connectivity index (χ0v) is 14.4. The molecular weight excluding hydrogens is 312 g/mol. The zero-order valence-electron chi connectivity index (χ0n) is 12.8. The van der Waals surface area contributed by atoms with Gasteiger partial charge in [-0.25, -0.2) is 0 Å². The highest BCUT2D eigenvalue weighted by Crippen LogP contribution is 2.34. The molecule has 1 heterocycles. The van der Waals surface area contributed by atoms with Crippen LogP contribution in [0.1, 0.15) is 45.2 Å². The smallest absolute Gasteiger partial charge is 0.0507 e. The van der Waals surface area contributed by atoms with E-state index in [1.54, 1.807) is 0 Å². The van der Waals surface area contributed by atoms with Crippen molar-refractivity contribution in [3.8, 4) is 0 Å². The fourth-order valence-corrected chi connectivity index (χ4v) is 3.91. The highest BCUT2D eigenvalue weighted by molar-refractivity contribution is 9.10. The number of hydrogen-bond donors (Lipinski definition) is 1. The third-order valence-corrected chi connectivity index (χ3v) is 5.35. The second-order valence-corrected chi connectivity index (χ2v) is 7.30. The predicted octanol–water partition coefficient (Wildman–Crippen LogP) is 4.21. The van der Waals surface area contributed by atoms with Gasteiger partial charge in [-0.3, -0.25) is 4.90 Å². The molecule has 112 valence electrons. The predicted molar refractivity (Wildman–Crippen MR) is 89.7 cm³/mol. The summed E-state index contributed by atoms with van der Waals surface area (Å²) in [6.07, 6.45) is 2.59. The van der Waals surface area contributed by atoms with Crippen LogP contribution in [0.5, 0.6) is 0 Å². The Morgan fingerprint density at radius 3 is 2.25 bits per heavy atom. The quantitative estimate of drug-likeness (QED) is 0.891. The molecular formula is C17H27BrN2. The molecule has 0 aromatic heterocycles. The molecule has 1 aromatic rings. The first kappa shape index (κ1) is 16.0. The van der Waals surface area contributed by atoms with Gasteiger partial charge in [0.05, 0.1) is 6.04 Å². The minimum Gasteiger partial charge on any atom is -0.326 e. The van der Waals surface area contributed by atoms with Crippen molar-refractivity contribution in [3.05, 3.63) is 34.3 Å². The van der Waals surface area contributed by atoms with Gasteiger partial charge < -0.3 is 5.73 Å². The lowest BCUT2D eigenvalue weighted by Crippen LogP contribution is -2.44. The number of halogens is 1. The van der Waals surface area contributed by atoms with Crippen molar-refractivity contribution in [1.29, 1.82) is 0 Å². The van der Waals surface area contributed by atoms with E-state index in [0.29, 0.717) is 6.04 Å². The number of hydrogen-bond acceptors (Lipinski definition) is 2. The maximum Gasteiger partial charge on any atom is 0.0507 e. The minimum atomic E-state index is 0.143. The lowest BCUT2D eigenvalue weighted by Gasteiger charge is -2.41. The van der Waals surface area contributed by atoms with Crippen molar-refractivity contribution in [2.45, 2.75) is 45.7 Å². The Morgan fingerprint density at radius 2 is 1.75 bits per heavy atom. The maximum absolute atomic E-state index is 6.30. The largest absolute Gasteiger partial charge is 0.326 e. The summed E-state index contributed by atoms with van der Waals surface area (Å²) in [5.74, 6) is 1.67. The molecule has 0 saturated carbocycles. The number of nitrogens with two attached hydrogens (primary N) is 1. The molecule has 0 bridgehead atoms. The Hall–Kier alpha value is -0.380. The van der Waals surface area contributed by atoms with Crippen LogP contribution in [0.4, 0.5) is 0 Å². The van der Waals surface area contributed by atoms with Crippen LogP contribution >= 0.6 is 15.9 Å². The standard InChI is InChI=1S/C17H27BrN2/c1-12(2)14-8-10-20(11-9-14)17(13(3)19)15-6-4-5-7-16(15)18/h4-7,12-14,17H,8-11,19H2,1-3H3. The third-order valence-electron chi connectivity index (χ3n) is 4.63. The van der Waals surface area contributed by atoms with Crippen molar-refractivity contribution < 1.29 is 0 Å². The first-order chi connectivity index (χ1) is 9.50. The molecule has 2 atom stereocenters. The van der Waals surface area contributed by atoms with Crippen LogP contribution in [0, 0.1) is 11.8 Å². The van der Waals surface area contributed by atoms with Crippen LogP contribution in [-0.2, 0) is 0 Å². The van der Waals surface area contributed by atoms with Crippen LogP contribution < -0.4 is 5.73 Å². The molecule has 2 rings (SSSR count). The summed E-state index contributed by atoms with van der Waals surface area (Å²) in [6, 6.07) is 8.95. The number of likely N-dealkylation sites (tertiary alicyclic amines) is 1. The van der Waals surface area contributed by atoms with E-state index in [1.165, 1.54) is 22.9 Å². The average molecular weight is 339 g/mol. The van der Waals surface area contributed by atoms with Gasteiger partial charge in [-0.05, 0) is 56.3 Å². The second-order valence-electron chi connectivity index (χ2n) is 6.44. The van der Waals surface area contributed by atoms with Gasteiger partial charge in [0.2, 0.25) is 0 Å². The molecule has 2 N–H and O–H groups in total. The molecule has 1 aliphatic rings. The number of benzene rings is 1. The highest BCUT2D eigenvalue weighted by Gasteiger charge is 2.30. The van der Waals surface area contributed by atoms with Crippen molar-refractivity contribution >= 4 is 15.9 Å². The molecule has 0 amide bonds. The van der Waals surface area contributed by atoms with Gasteiger partial charge in [-0.15, -0.1) is 0 Å². The molecule has 0 aliphatic carbocycles. The maximum atomic E-state index is 6.30. The van der Waals surface area contributed by atoms with Crippen LogP contribution in [0.25, 0.3) is 0 Å². The molecule has 3 heteroatoms. The van der Waals surface area contributed by atoms with E-state index in [4.69, 9.17) is 5.73 Å². The molecule has 0 spiro atoms. The molecule has 1 fully saturated rings. The minimum absolute atomic E-state index is 0.143. The topological polar surface area (TPSA) is 29.3 Å². The van der Waals surface area contributed by atoms with Gasteiger partial charge in [0.1, 0.15) is 0 Å². The normalized spacial score (nSPS) is 21.1. The Balaban J connectivity index is 2.13. The Bertz CT molecular complexity index is 423. The van der Waals surface area contributed by atoms with E-state index < -0.39 is 0 Å². The number of nitrogens with zero attached hydrogens (tertiary/aromatic N) is 1. The molecule has 2 nitrogen and oxygen atoms in total. The Labute approximate surface area is 131 Å².